The topological polar surface area (TPSA) is 44.8 Å². The minimum Gasteiger partial charge on any atom is -0.458 e. The lowest BCUT2D eigenvalue weighted by Gasteiger charge is -2.37. The second-order valence-corrected chi connectivity index (χ2v) is 10.5. The molecule has 3 heterocycles. The maximum atomic E-state index is 12.9. The van der Waals surface area contributed by atoms with Crippen LogP contribution in [-0.4, -0.2) is 36.5 Å². The molecule has 0 aromatic carbocycles. The van der Waals surface area contributed by atoms with Crippen LogP contribution in [0.4, 0.5) is 0 Å². The Morgan fingerprint density at radius 3 is 2.51 bits per heavy atom. The summed E-state index contributed by atoms with van der Waals surface area (Å²) in [7, 11) is 0. The number of cyclic esters (lactones) is 1. The third-order valence-corrected chi connectivity index (χ3v) is 7.37. The highest BCUT2D eigenvalue weighted by molar-refractivity contribution is 5.70. The van der Waals surface area contributed by atoms with Crippen molar-refractivity contribution < 1.29 is 19.0 Å². The molecule has 0 radical (unpaired) electrons. The Bertz CT molecular complexity index is 818. The fourth-order valence-corrected chi connectivity index (χ4v) is 5.25. The van der Waals surface area contributed by atoms with Gasteiger partial charge < -0.3 is 14.2 Å². The minimum atomic E-state index is -0.282. The molecule has 0 aromatic heterocycles. The van der Waals surface area contributed by atoms with Gasteiger partial charge >= 0.3 is 5.97 Å². The Morgan fingerprint density at radius 2 is 1.74 bits per heavy atom. The first-order chi connectivity index (χ1) is 16.9. The van der Waals surface area contributed by atoms with Crippen molar-refractivity contribution in [2.45, 2.75) is 122 Å². The number of fused-ring (bicyclic) bond motifs is 4. The van der Waals surface area contributed by atoms with Crippen LogP contribution in [0.3, 0.4) is 0 Å². The largest absolute Gasteiger partial charge is 0.458 e. The van der Waals surface area contributed by atoms with Crippen LogP contribution >= 0.6 is 0 Å². The van der Waals surface area contributed by atoms with E-state index in [0.29, 0.717) is 24.9 Å². The molecule has 194 valence electrons. The average molecular weight is 483 g/mol. The normalized spacial score (nSPS) is 35.9. The van der Waals surface area contributed by atoms with Crippen LogP contribution in [0.2, 0.25) is 0 Å². The van der Waals surface area contributed by atoms with E-state index >= 15 is 0 Å². The van der Waals surface area contributed by atoms with Gasteiger partial charge in [-0.25, -0.2) is 0 Å². The average Bonchev–Trinajstić information content (AvgIpc) is 2.82. The number of carbonyl (C=O) groups excluding carboxylic acids is 1. The van der Waals surface area contributed by atoms with Gasteiger partial charge in [0.05, 0.1) is 30.8 Å². The van der Waals surface area contributed by atoms with Gasteiger partial charge in [-0.2, -0.15) is 0 Å². The van der Waals surface area contributed by atoms with E-state index in [-0.39, 0.29) is 30.4 Å². The lowest BCUT2D eigenvalue weighted by Crippen LogP contribution is -2.37. The summed E-state index contributed by atoms with van der Waals surface area (Å²) in [6, 6.07) is 0. The van der Waals surface area contributed by atoms with Crippen molar-refractivity contribution in [1.29, 1.82) is 0 Å². The number of carbonyl (C=O) groups is 1. The molecule has 4 heteroatoms. The molecule has 3 aliphatic heterocycles. The second kappa shape index (κ2) is 14.6. The first-order valence-corrected chi connectivity index (χ1v) is 13.8. The lowest BCUT2D eigenvalue weighted by atomic mass is 9.90. The van der Waals surface area contributed by atoms with Crippen LogP contribution in [0.1, 0.15) is 91.9 Å². The number of esters is 1. The monoisotopic (exact) mass is 482 g/mol. The third kappa shape index (κ3) is 9.93. The number of hydrogen-bond acceptors (Lipinski definition) is 4. The predicted octanol–water partition coefficient (Wildman–Crippen LogP) is 7.56. The van der Waals surface area contributed by atoms with Gasteiger partial charge in [-0.05, 0) is 70.8 Å². The fraction of sp³-hybridized carbons (Fsp3) is 0.645. The Labute approximate surface area is 213 Å². The molecule has 35 heavy (non-hydrogen) atoms. The van der Waals surface area contributed by atoms with Gasteiger partial charge in [-0.15, -0.1) is 0 Å². The van der Waals surface area contributed by atoms with E-state index in [4.69, 9.17) is 14.2 Å². The molecule has 6 atom stereocenters. The van der Waals surface area contributed by atoms with Crippen LogP contribution in [-0.2, 0) is 19.0 Å². The summed E-state index contributed by atoms with van der Waals surface area (Å²) >= 11 is 0. The summed E-state index contributed by atoms with van der Waals surface area (Å²) in [5.41, 5.74) is 2.71. The van der Waals surface area contributed by atoms with Gasteiger partial charge in [-0.3, -0.25) is 4.79 Å². The highest BCUT2D eigenvalue weighted by atomic mass is 16.5. The molecule has 0 saturated carbocycles. The summed E-state index contributed by atoms with van der Waals surface area (Å²) in [6.45, 7) is 8.61. The van der Waals surface area contributed by atoms with Gasteiger partial charge in [0.25, 0.3) is 0 Å². The van der Waals surface area contributed by atoms with Crippen LogP contribution in [0.5, 0.6) is 0 Å². The summed E-state index contributed by atoms with van der Waals surface area (Å²) in [6.07, 6.45) is 26.2. The number of hydrogen-bond donors (Lipinski definition) is 0. The molecular weight excluding hydrogens is 436 g/mol. The first kappa shape index (κ1) is 27.7. The van der Waals surface area contributed by atoms with Gasteiger partial charge in [0.15, 0.2) is 0 Å². The molecule has 0 amide bonds. The summed E-state index contributed by atoms with van der Waals surface area (Å²) < 4.78 is 18.8. The fourth-order valence-electron chi connectivity index (χ4n) is 5.25. The van der Waals surface area contributed by atoms with Crippen LogP contribution < -0.4 is 0 Å². The number of rotatable bonds is 4. The van der Waals surface area contributed by atoms with Crippen molar-refractivity contribution in [3.63, 3.8) is 0 Å². The minimum absolute atomic E-state index is 0.113. The van der Waals surface area contributed by atoms with Crippen molar-refractivity contribution in [2.24, 2.45) is 5.92 Å². The molecule has 0 spiro atoms. The molecule has 0 N–H and O–H groups in total. The van der Waals surface area contributed by atoms with Crippen molar-refractivity contribution in [2.75, 3.05) is 0 Å². The van der Waals surface area contributed by atoms with Crippen molar-refractivity contribution >= 4 is 5.97 Å². The molecule has 6 unspecified atom stereocenters. The molecule has 2 fully saturated rings. The van der Waals surface area contributed by atoms with E-state index in [1.165, 1.54) is 17.6 Å². The van der Waals surface area contributed by atoms with Crippen LogP contribution in [0.25, 0.3) is 0 Å². The summed E-state index contributed by atoms with van der Waals surface area (Å²) in [5.74, 6) is 0.243. The van der Waals surface area contributed by atoms with E-state index < -0.39 is 0 Å². The van der Waals surface area contributed by atoms with E-state index in [2.05, 4.69) is 52.0 Å². The number of allylic oxidation sites excluding steroid dienone is 7. The molecule has 2 saturated heterocycles. The molecule has 4 nitrogen and oxygen atoms in total. The molecule has 3 rings (SSSR count). The zero-order valence-electron chi connectivity index (χ0n) is 22.3. The van der Waals surface area contributed by atoms with E-state index in [0.717, 1.165) is 44.9 Å². The van der Waals surface area contributed by atoms with E-state index in [9.17, 15) is 4.79 Å². The van der Waals surface area contributed by atoms with Gasteiger partial charge in [0.1, 0.15) is 6.10 Å². The molecular formula is C31H46O4. The van der Waals surface area contributed by atoms with Crippen LogP contribution in [0.15, 0.2) is 59.8 Å². The SMILES string of the molecule is C/C=C1\CC2CC(=O)OC(/C=C/C=C\C=C(/C)CC)C/C=C\C(C)CC3CCCC(CC(C1)O2)O3. The predicted molar refractivity (Wildman–Crippen MR) is 143 cm³/mol. The Balaban J connectivity index is 1.73. The third-order valence-electron chi connectivity index (χ3n) is 7.37. The highest BCUT2D eigenvalue weighted by Crippen LogP contribution is 2.33. The van der Waals surface area contributed by atoms with Gasteiger partial charge in [0.2, 0.25) is 0 Å². The second-order valence-electron chi connectivity index (χ2n) is 10.5. The lowest BCUT2D eigenvalue weighted by molar-refractivity contribution is -0.153. The van der Waals surface area contributed by atoms with Crippen molar-refractivity contribution in [3.8, 4) is 0 Å². The molecule has 3 aliphatic rings. The molecule has 4 bridgehead atoms. The maximum Gasteiger partial charge on any atom is 0.309 e. The Hall–Kier alpha value is -1.91. The smallest absolute Gasteiger partial charge is 0.309 e. The Kier molecular flexibility index (Phi) is 11.5. The standard InChI is InChI=1S/C31H46O4/c1-5-23(3)12-8-7-9-14-26-15-10-13-24(4)18-27-16-11-17-28(33-27)21-29-19-25(6-2)20-30(34-29)22-31(32)35-26/h6-10,12-14,24,26-30H,5,11,15-22H2,1-4H3/b8-7-,13-10-,14-9+,23-12+,25-6-. The molecule has 0 aromatic rings. The van der Waals surface area contributed by atoms with Crippen molar-refractivity contribution in [3.05, 3.63) is 59.8 Å². The number of ether oxygens (including phenoxy) is 3. The van der Waals surface area contributed by atoms with Crippen molar-refractivity contribution in [1.82, 2.24) is 0 Å². The maximum absolute atomic E-state index is 12.9. The first-order valence-electron chi connectivity index (χ1n) is 13.8. The van der Waals surface area contributed by atoms with Crippen LogP contribution in [0, 0.1) is 5.92 Å². The zero-order valence-corrected chi connectivity index (χ0v) is 22.3. The van der Waals surface area contributed by atoms with Gasteiger partial charge in [-0.1, -0.05) is 67.5 Å². The molecule has 0 aliphatic carbocycles. The van der Waals surface area contributed by atoms with Gasteiger partial charge in [0, 0.05) is 12.8 Å². The quantitative estimate of drug-likeness (QED) is 0.235. The summed E-state index contributed by atoms with van der Waals surface area (Å²) in [5, 5.41) is 0. The highest BCUT2D eigenvalue weighted by Gasteiger charge is 2.32. The zero-order chi connectivity index (χ0) is 25.0. The summed E-state index contributed by atoms with van der Waals surface area (Å²) in [4.78, 5) is 12.9. The van der Waals surface area contributed by atoms with E-state index in [1.54, 1.807) is 0 Å². The Morgan fingerprint density at radius 1 is 1.00 bits per heavy atom. The van der Waals surface area contributed by atoms with E-state index in [1.807, 2.05) is 24.3 Å².